The quantitative estimate of drug-likeness (QED) is 0.508. The first kappa shape index (κ1) is 18.1. The van der Waals surface area contributed by atoms with Crippen molar-refractivity contribution >= 4 is 17.4 Å². The van der Waals surface area contributed by atoms with Gasteiger partial charge in [-0.1, -0.05) is 12.1 Å². The highest BCUT2D eigenvalue weighted by Crippen LogP contribution is 2.29. The fraction of sp³-hybridized carbons (Fsp3) is 0.125. The zero-order valence-electron chi connectivity index (χ0n) is 12.5. The molecule has 2 rings (SSSR count). The molecule has 1 N–H and O–H groups in total. The Hall–Kier alpha value is -3.23. The third-order valence-electron chi connectivity index (χ3n) is 3.26. The Labute approximate surface area is 139 Å². The largest absolute Gasteiger partial charge is 0.416 e. The predicted molar refractivity (Wildman–Crippen MR) is 81.2 cm³/mol. The lowest BCUT2D eigenvalue weighted by Crippen LogP contribution is -2.29. The van der Waals surface area contributed by atoms with Crippen LogP contribution in [0, 0.1) is 10.1 Å². The number of carbonyl (C=O) groups excluding carboxylic acids is 2. The fourth-order valence-corrected chi connectivity index (χ4v) is 1.97. The summed E-state index contributed by atoms with van der Waals surface area (Å²) in [7, 11) is 0. The number of ketones is 1. The summed E-state index contributed by atoms with van der Waals surface area (Å²) in [4.78, 5) is 33.8. The van der Waals surface area contributed by atoms with E-state index in [0.29, 0.717) is 0 Å². The number of hydrogen-bond acceptors (Lipinski definition) is 4. The summed E-state index contributed by atoms with van der Waals surface area (Å²) in [5.74, 6) is -1.29. The number of amides is 1. The summed E-state index contributed by atoms with van der Waals surface area (Å²) in [6.07, 6.45) is -4.51. The van der Waals surface area contributed by atoms with E-state index in [0.717, 1.165) is 30.3 Å². The summed E-state index contributed by atoms with van der Waals surface area (Å²) in [6.45, 7) is -0.443. The van der Waals surface area contributed by atoms with Crippen molar-refractivity contribution in [3.63, 3.8) is 0 Å². The number of Topliss-reactive ketones (excluding diaryl/α,β-unsaturated/α-hetero) is 1. The first-order chi connectivity index (χ1) is 11.7. The van der Waals surface area contributed by atoms with Gasteiger partial charge in [0.05, 0.1) is 17.0 Å². The molecule has 0 spiro atoms. The lowest BCUT2D eigenvalue weighted by atomic mass is 10.1. The average molecular weight is 352 g/mol. The molecule has 0 aliphatic carbocycles. The smallest absolute Gasteiger partial charge is 0.345 e. The highest BCUT2D eigenvalue weighted by molar-refractivity contribution is 6.02. The Kier molecular flexibility index (Phi) is 5.16. The van der Waals surface area contributed by atoms with Crippen LogP contribution in [0.3, 0.4) is 0 Å². The number of rotatable bonds is 5. The molecule has 1 amide bonds. The molecule has 6 nitrogen and oxygen atoms in total. The maximum Gasteiger partial charge on any atom is 0.416 e. The topological polar surface area (TPSA) is 89.3 Å². The van der Waals surface area contributed by atoms with Crippen molar-refractivity contribution in [1.82, 2.24) is 5.32 Å². The molecule has 2 aromatic carbocycles. The molecule has 0 aliphatic heterocycles. The summed E-state index contributed by atoms with van der Waals surface area (Å²) in [6, 6.07) is 8.51. The van der Waals surface area contributed by atoms with Gasteiger partial charge in [0.1, 0.15) is 0 Å². The van der Waals surface area contributed by atoms with Gasteiger partial charge in [0.2, 0.25) is 0 Å². The Morgan fingerprint density at radius 3 is 2.24 bits per heavy atom. The van der Waals surface area contributed by atoms with Crippen molar-refractivity contribution in [3.05, 3.63) is 75.3 Å². The second kappa shape index (κ2) is 7.12. The summed E-state index contributed by atoms with van der Waals surface area (Å²) in [5.41, 5.74) is -1.15. The maximum atomic E-state index is 12.5. The van der Waals surface area contributed by atoms with Gasteiger partial charge in [-0.25, -0.2) is 0 Å². The molecule has 0 radical (unpaired) electrons. The van der Waals surface area contributed by atoms with Gasteiger partial charge in [-0.05, 0) is 24.3 Å². The minimum Gasteiger partial charge on any atom is -0.345 e. The Morgan fingerprint density at radius 1 is 1.04 bits per heavy atom. The van der Waals surface area contributed by atoms with Crippen LogP contribution in [0.25, 0.3) is 0 Å². The Bertz CT molecular complexity index is 817. The molecule has 130 valence electrons. The van der Waals surface area contributed by atoms with Crippen LogP contribution in [0.4, 0.5) is 18.9 Å². The molecule has 0 bridgehead atoms. The van der Waals surface area contributed by atoms with Gasteiger partial charge in [0.15, 0.2) is 5.78 Å². The summed E-state index contributed by atoms with van der Waals surface area (Å²) >= 11 is 0. The van der Waals surface area contributed by atoms with Gasteiger partial charge in [0.25, 0.3) is 11.6 Å². The maximum absolute atomic E-state index is 12.5. The highest BCUT2D eigenvalue weighted by Gasteiger charge is 2.30. The number of benzene rings is 2. The standard InChI is InChI=1S/C16H11F3N2O4/c17-16(18,19)12-6-4-10(5-7-12)15(23)20-9-14(22)11-2-1-3-13(8-11)21(24)25/h1-8H,9H2,(H,20,23). The number of non-ortho nitro benzene ring substituents is 1. The van der Waals surface area contributed by atoms with Crippen LogP contribution < -0.4 is 5.32 Å². The monoisotopic (exact) mass is 352 g/mol. The van der Waals surface area contributed by atoms with E-state index < -0.39 is 34.9 Å². The van der Waals surface area contributed by atoms with Crippen LogP contribution in [0.1, 0.15) is 26.3 Å². The van der Waals surface area contributed by atoms with Crippen LogP contribution in [-0.4, -0.2) is 23.2 Å². The highest BCUT2D eigenvalue weighted by atomic mass is 19.4. The molecular weight excluding hydrogens is 341 g/mol. The number of halogens is 3. The van der Waals surface area contributed by atoms with E-state index in [1.165, 1.54) is 18.2 Å². The zero-order valence-corrected chi connectivity index (χ0v) is 12.5. The second-order valence-electron chi connectivity index (χ2n) is 4.99. The van der Waals surface area contributed by atoms with E-state index in [1.807, 2.05) is 0 Å². The van der Waals surface area contributed by atoms with E-state index in [4.69, 9.17) is 0 Å². The minimum atomic E-state index is -4.51. The number of alkyl halides is 3. The summed E-state index contributed by atoms with van der Waals surface area (Å²) < 4.78 is 37.4. The normalized spacial score (nSPS) is 11.0. The van der Waals surface area contributed by atoms with Gasteiger partial charge in [-0.15, -0.1) is 0 Å². The molecule has 0 unspecified atom stereocenters. The molecule has 0 atom stereocenters. The molecule has 9 heteroatoms. The predicted octanol–water partition coefficient (Wildman–Crippen LogP) is 3.23. The van der Waals surface area contributed by atoms with Crippen LogP contribution in [0.15, 0.2) is 48.5 Å². The van der Waals surface area contributed by atoms with Gasteiger partial charge in [0, 0.05) is 23.3 Å². The van der Waals surface area contributed by atoms with Crippen LogP contribution in [0.5, 0.6) is 0 Å². The Morgan fingerprint density at radius 2 is 1.68 bits per heavy atom. The number of nitrogens with one attached hydrogen (secondary N) is 1. The van der Waals surface area contributed by atoms with E-state index in [2.05, 4.69) is 5.32 Å². The molecule has 2 aromatic rings. The van der Waals surface area contributed by atoms with Crippen molar-refractivity contribution in [3.8, 4) is 0 Å². The first-order valence-corrected chi connectivity index (χ1v) is 6.91. The molecule has 0 heterocycles. The molecule has 0 saturated heterocycles. The van der Waals surface area contributed by atoms with E-state index in [-0.39, 0.29) is 16.8 Å². The number of nitrogens with zero attached hydrogens (tertiary/aromatic N) is 1. The SMILES string of the molecule is O=C(CNC(=O)c1ccc(C(F)(F)F)cc1)c1cccc([N+](=O)[O-])c1. The molecule has 25 heavy (non-hydrogen) atoms. The van der Waals surface area contributed by atoms with Gasteiger partial charge in [-0.3, -0.25) is 19.7 Å². The van der Waals surface area contributed by atoms with Crippen molar-refractivity contribution in [2.24, 2.45) is 0 Å². The minimum absolute atomic E-state index is 0.0418. The van der Waals surface area contributed by atoms with Crippen molar-refractivity contribution in [2.75, 3.05) is 6.54 Å². The van der Waals surface area contributed by atoms with Crippen molar-refractivity contribution in [1.29, 1.82) is 0 Å². The third-order valence-corrected chi connectivity index (χ3v) is 3.26. The lowest BCUT2D eigenvalue weighted by Gasteiger charge is -2.08. The lowest BCUT2D eigenvalue weighted by molar-refractivity contribution is -0.384. The van der Waals surface area contributed by atoms with Gasteiger partial charge >= 0.3 is 6.18 Å². The molecular formula is C16H11F3N2O4. The average Bonchev–Trinajstić information content (AvgIpc) is 2.58. The fourth-order valence-electron chi connectivity index (χ4n) is 1.97. The van der Waals surface area contributed by atoms with Crippen molar-refractivity contribution < 1.29 is 27.7 Å². The summed E-state index contributed by atoms with van der Waals surface area (Å²) in [5, 5.41) is 12.9. The number of nitro benzene ring substituents is 1. The molecule has 0 aromatic heterocycles. The molecule has 0 fully saturated rings. The third kappa shape index (κ3) is 4.63. The van der Waals surface area contributed by atoms with E-state index in [9.17, 15) is 32.9 Å². The van der Waals surface area contributed by atoms with E-state index >= 15 is 0 Å². The van der Waals surface area contributed by atoms with Crippen LogP contribution in [-0.2, 0) is 6.18 Å². The molecule has 0 saturated carbocycles. The number of carbonyl (C=O) groups is 2. The van der Waals surface area contributed by atoms with E-state index in [1.54, 1.807) is 0 Å². The van der Waals surface area contributed by atoms with Crippen LogP contribution in [0.2, 0.25) is 0 Å². The van der Waals surface area contributed by atoms with Crippen LogP contribution >= 0.6 is 0 Å². The second-order valence-corrected chi connectivity index (χ2v) is 4.99. The first-order valence-electron chi connectivity index (χ1n) is 6.91. The zero-order chi connectivity index (χ0) is 18.6. The van der Waals surface area contributed by atoms with Gasteiger partial charge < -0.3 is 5.32 Å². The molecule has 0 aliphatic rings. The van der Waals surface area contributed by atoms with Gasteiger partial charge in [-0.2, -0.15) is 13.2 Å². The number of nitro groups is 1. The Balaban J connectivity index is 2.01. The van der Waals surface area contributed by atoms with Crippen molar-refractivity contribution in [2.45, 2.75) is 6.18 Å². The number of hydrogen-bond donors (Lipinski definition) is 1.